The predicted octanol–water partition coefficient (Wildman–Crippen LogP) is 8.20. The molecule has 5 aromatic carbocycles. The second-order valence-electron chi connectivity index (χ2n) is 20.1. The zero-order chi connectivity index (χ0) is 53.5. The van der Waals surface area contributed by atoms with Crippen molar-refractivity contribution in [1.29, 1.82) is 0 Å². The van der Waals surface area contributed by atoms with Gasteiger partial charge in [-0.05, 0) is 110 Å². The number of Topliss-reactive ketones (excluding diaryl/α,β-unsaturated/α-hetero) is 1. The van der Waals surface area contributed by atoms with Gasteiger partial charge in [0.05, 0.1) is 80.3 Å². The normalized spacial score (nSPS) is 19.0. The van der Waals surface area contributed by atoms with Gasteiger partial charge in [-0.25, -0.2) is 0 Å². The molecule has 1 aliphatic carbocycles. The number of nitrogens with two attached hydrogens (primary N) is 1. The minimum absolute atomic E-state index is 0.0673. The Kier molecular flexibility index (Phi) is 17.2. The number of aliphatic hydroxyl groups is 1. The number of ketones is 1. The molecule has 0 spiro atoms. The number of unbranched alkanes of at least 4 members (excludes halogenated alkanes) is 2. The fourth-order valence-corrected chi connectivity index (χ4v) is 12.9. The van der Waals surface area contributed by atoms with Crippen LogP contribution in [-0.4, -0.2) is 105 Å². The lowest BCUT2D eigenvalue weighted by molar-refractivity contribution is -0.845. The van der Waals surface area contributed by atoms with Gasteiger partial charge in [-0.3, -0.25) is 24.5 Å². The molecular formula is C59H67N7O9S2. The van der Waals surface area contributed by atoms with Crippen LogP contribution in [0.25, 0.3) is 0 Å². The number of hydrogen-bond donors (Lipinski definition) is 4. The molecule has 18 heteroatoms. The van der Waals surface area contributed by atoms with Crippen molar-refractivity contribution in [3.05, 3.63) is 142 Å². The Bertz CT molecular complexity index is 3040. The predicted molar refractivity (Wildman–Crippen MR) is 306 cm³/mol. The summed E-state index contributed by atoms with van der Waals surface area (Å²) in [7, 11) is 8.30. The van der Waals surface area contributed by atoms with Crippen molar-refractivity contribution in [1.82, 2.24) is 5.32 Å². The van der Waals surface area contributed by atoms with Crippen LogP contribution < -0.4 is 49.6 Å². The largest absolute Gasteiger partial charge is 0.634 e. The van der Waals surface area contributed by atoms with E-state index in [-0.39, 0.29) is 48.1 Å². The van der Waals surface area contributed by atoms with E-state index in [1.807, 2.05) is 101 Å². The van der Waals surface area contributed by atoms with Gasteiger partial charge in [0.25, 0.3) is 5.91 Å². The van der Waals surface area contributed by atoms with E-state index in [0.29, 0.717) is 96.6 Å². The van der Waals surface area contributed by atoms with Gasteiger partial charge in [-0.1, -0.05) is 70.1 Å². The van der Waals surface area contributed by atoms with E-state index in [2.05, 4.69) is 11.4 Å². The summed E-state index contributed by atoms with van der Waals surface area (Å²) in [5.41, 5.74) is 13.5. The molecule has 10 rings (SSSR count). The first-order chi connectivity index (χ1) is 37.5. The summed E-state index contributed by atoms with van der Waals surface area (Å²) in [4.78, 5) is 40.5. The molecule has 5 unspecified atom stereocenters. The van der Waals surface area contributed by atoms with Crippen molar-refractivity contribution in [3.63, 3.8) is 0 Å². The maximum Gasteiger partial charge on any atom is 0.261 e. The van der Waals surface area contributed by atoms with Gasteiger partial charge >= 0.3 is 0 Å². The van der Waals surface area contributed by atoms with Gasteiger partial charge in [-0.2, -0.15) is 0 Å². The number of carbonyl (C=O) groups excluding carboxylic acids is 2. The van der Waals surface area contributed by atoms with Crippen LogP contribution >= 0.6 is 21.6 Å². The number of nitrogens with one attached hydrogen (secondary N) is 2. The molecule has 77 heavy (non-hydrogen) atoms. The summed E-state index contributed by atoms with van der Waals surface area (Å²) in [6.07, 6.45) is 12.4. The van der Waals surface area contributed by atoms with Crippen LogP contribution in [0.5, 0.6) is 28.7 Å². The zero-order valence-corrected chi connectivity index (χ0v) is 45.4. The Morgan fingerprint density at radius 3 is 2.16 bits per heavy atom. The lowest BCUT2D eigenvalue weighted by atomic mass is 9.87. The highest BCUT2D eigenvalue weighted by molar-refractivity contribution is 8.76. The third kappa shape index (κ3) is 12.0. The highest BCUT2D eigenvalue weighted by atomic mass is 33.1. The lowest BCUT2D eigenvalue weighted by Crippen LogP contribution is -3.07. The average molecular weight is 1080 g/mol. The number of quaternary nitrogens is 1. The SMILES string of the molecule is CNC(CCSSCC[NH+]([O-])CCCCCOc1cc(COc2cc3c(cc2OC)C(=O)N2c4ccccc4CC2C=N3)cc(COc2cc3c(cc2OC)C(O)N2c4ccccc4CC2C=N3)c1)C(=O)C1(N)CC=CC1. The molecule has 1 amide bonds. The van der Waals surface area contributed by atoms with Crippen LogP contribution in [0.2, 0.25) is 0 Å². The fourth-order valence-electron chi connectivity index (χ4n) is 10.8. The van der Waals surface area contributed by atoms with E-state index in [1.54, 1.807) is 61.1 Å². The zero-order valence-electron chi connectivity index (χ0n) is 43.8. The molecule has 0 bridgehead atoms. The number of amides is 1. The van der Waals surface area contributed by atoms with Crippen LogP contribution in [0.15, 0.2) is 113 Å². The lowest BCUT2D eigenvalue weighted by Gasteiger charge is -2.29. The molecule has 404 valence electrons. The Morgan fingerprint density at radius 1 is 0.792 bits per heavy atom. The minimum atomic E-state index is -0.942. The molecule has 0 saturated carbocycles. The number of fused-ring (bicyclic) bond motifs is 8. The number of anilines is 2. The smallest absolute Gasteiger partial charge is 0.261 e. The number of hydrogen-bond acceptors (Lipinski definition) is 16. The number of aliphatic hydroxyl groups excluding tert-OH is 1. The Hall–Kier alpha value is -6.38. The van der Waals surface area contributed by atoms with Gasteiger partial charge < -0.3 is 55.0 Å². The maximum atomic E-state index is 14.1. The van der Waals surface area contributed by atoms with E-state index in [1.165, 1.54) is 5.56 Å². The number of nitrogens with zero attached hydrogens (tertiary/aromatic N) is 4. The quantitative estimate of drug-likeness (QED) is 0.0189. The number of aliphatic imine (C=N–C) groups is 2. The Labute approximate surface area is 458 Å². The van der Waals surface area contributed by atoms with Crippen LogP contribution in [-0.2, 0) is 30.8 Å². The van der Waals surface area contributed by atoms with E-state index < -0.39 is 11.8 Å². The minimum Gasteiger partial charge on any atom is -0.634 e. The molecule has 5 N–H and O–H groups in total. The van der Waals surface area contributed by atoms with Crippen LogP contribution in [0.3, 0.4) is 0 Å². The third-order valence-corrected chi connectivity index (χ3v) is 17.4. The number of carbonyl (C=O) groups is 2. The van der Waals surface area contributed by atoms with Crippen molar-refractivity contribution in [3.8, 4) is 28.7 Å². The van der Waals surface area contributed by atoms with E-state index in [9.17, 15) is 19.9 Å². The van der Waals surface area contributed by atoms with Crippen molar-refractivity contribution in [2.75, 3.05) is 62.3 Å². The molecule has 5 aromatic rings. The van der Waals surface area contributed by atoms with E-state index >= 15 is 0 Å². The molecule has 0 radical (unpaired) electrons. The number of ether oxygens (including phenoxy) is 5. The summed E-state index contributed by atoms with van der Waals surface area (Å²) in [5, 5.41) is 28.0. The average Bonchev–Trinajstić information content (AvgIpc) is 4.15. The number of likely N-dealkylation sites (N-methyl/N-ethyl adjacent to an activating group) is 1. The summed E-state index contributed by atoms with van der Waals surface area (Å²) < 4.78 is 31.0. The third-order valence-electron chi connectivity index (χ3n) is 14.9. The van der Waals surface area contributed by atoms with Crippen LogP contribution in [0.4, 0.5) is 22.7 Å². The van der Waals surface area contributed by atoms with Crippen molar-refractivity contribution < 1.29 is 43.4 Å². The van der Waals surface area contributed by atoms with Gasteiger partial charge in [0, 0.05) is 60.1 Å². The fraction of sp³-hybridized carbons (Fsp3) is 0.390. The summed E-state index contributed by atoms with van der Waals surface area (Å²) >= 11 is 0. The van der Waals surface area contributed by atoms with Crippen molar-refractivity contribution >= 4 is 68.5 Å². The molecule has 16 nitrogen and oxygen atoms in total. The first-order valence-electron chi connectivity index (χ1n) is 26.4. The number of para-hydroxylation sites is 2. The summed E-state index contributed by atoms with van der Waals surface area (Å²) in [6, 6.07) is 28.4. The monoisotopic (exact) mass is 1080 g/mol. The molecular weight excluding hydrogens is 1010 g/mol. The summed E-state index contributed by atoms with van der Waals surface area (Å²) in [6.45, 7) is 1.76. The maximum absolute atomic E-state index is 14.1. The van der Waals surface area contributed by atoms with E-state index in [4.69, 9.17) is 39.4 Å². The van der Waals surface area contributed by atoms with Gasteiger partial charge in [0.2, 0.25) is 0 Å². The number of hydroxylamine groups is 2. The van der Waals surface area contributed by atoms with Crippen molar-refractivity contribution in [2.45, 2.75) is 94.5 Å². The first kappa shape index (κ1) is 54.0. The molecule has 0 saturated heterocycles. The van der Waals surface area contributed by atoms with Crippen LogP contribution in [0, 0.1) is 5.21 Å². The Balaban J connectivity index is 0.772. The number of rotatable bonds is 25. The number of benzene rings is 5. The second kappa shape index (κ2) is 24.5. The highest BCUT2D eigenvalue weighted by Crippen LogP contribution is 2.46. The standard InChI is InChI=1S/C59H67N7O9S2/c1-61-47(56(67)59(60)18-9-10-19-59)17-23-76-77-24-21-64(70)20-11-4-12-22-73-44-26-38(36-74-54-32-48-45(30-52(54)71-2)57(68)65-42(34-62-48)28-40-13-5-7-15-50(40)65)25-39(27-44)37-75-55-33-49-46(31-53(55)72-3)58(69)66-43(35-63-49)29-41-14-6-8-16-51(41)66/h5-10,13-16,25-27,30-35,42-43,47,57,61,64,68H,4,11-12,17-24,28-29,36-37,60H2,1-3H3. The molecule has 0 fully saturated rings. The summed E-state index contributed by atoms with van der Waals surface area (Å²) in [5.74, 6) is 3.85. The Morgan fingerprint density at radius 2 is 1.43 bits per heavy atom. The molecule has 4 aliphatic heterocycles. The first-order valence-corrected chi connectivity index (χ1v) is 28.9. The van der Waals surface area contributed by atoms with Crippen molar-refractivity contribution in [2.24, 2.45) is 15.7 Å². The van der Waals surface area contributed by atoms with E-state index in [0.717, 1.165) is 65.3 Å². The van der Waals surface area contributed by atoms with Gasteiger partial charge in [0.1, 0.15) is 19.0 Å². The number of methoxy groups -OCH3 is 2. The molecule has 5 aliphatic rings. The molecule has 0 aromatic heterocycles. The topological polar surface area (TPSA) is 197 Å². The molecule has 4 heterocycles. The van der Waals surface area contributed by atoms with Gasteiger partial charge in [-0.15, -0.1) is 0 Å². The molecule has 5 atom stereocenters. The highest BCUT2D eigenvalue weighted by Gasteiger charge is 2.40. The van der Waals surface area contributed by atoms with Crippen LogP contribution in [0.1, 0.15) is 82.9 Å². The second-order valence-corrected chi connectivity index (χ2v) is 22.8. The van der Waals surface area contributed by atoms with Gasteiger partial charge in [0.15, 0.2) is 35.0 Å².